The fourth-order valence-corrected chi connectivity index (χ4v) is 2.18. The molecule has 0 aliphatic heterocycles. The Balaban J connectivity index is 0. The minimum absolute atomic E-state index is 0. The maximum Gasteiger partial charge on any atom is 1.00 e. The van der Waals surface area contributed by atoms with Crippen molar-refractivity contribution < 1.29 is 103 Å². The van der Waals surface area contributed by atoms with Gasteiger partial charge in [-0.1, -0.05) is 59.2 Å². The third-order valence-corrected chi connectivity index (χ3v) is 3.04. The Morgan fingerprint density at radius 3 is 1.59 bits per heavy atom. The molecule has 0 heterocycles. The van der Waals surface area contributed by atoms with Crippen LogP contribution in [-0.4, -0.2) is 0 Å². The molecule has 84 valence electrons. The maximum atomic E-state index is 4.59. The molecule has 0 aliphatic carbocycles. The summed E-state index contributed by atoms with van der Waals surface area (Å²) in [6.45, 7) is 13.3. The molecule has 0 aliphatic rings. The molecule has 0 bridgehead atoms. The average molecular weight is 298 g/mol. The van der Waals surface area contributed by atoms with Crippen molar-refractivity contribution in [2.45, 2.75) is 52.4 Å². The minimum atomic E-state index is 0. The first-order valence-electron chi connectivity index (χ1n) is 5.46. The van der Waals surface area contributed by atoms with Crippen LogP contribution in [0.1, 0.15) is 52.7 Å². The van der Waals surface area contributed by atoms with Gasteiger partial charge in [-0.05, 0) is 16.4 Å². The third kappa shape index (κ3) is 6.95. The van der Waals surface area contributed by atoms with Crippen LogP contribution < -0.4 is 108 Å². The molecule has 0 unspecified atom stereocenters. The number of hydrogen-bond acceptors (Lipinski definition) is 0. The van der Waals surface area contributed by atoms with Gasteiger partial charge in [0, 0.05) is 0 Å². The Labute approximate surface area is 195 Å². The molecule has 0 saturated heterocycles. The van der Waals surface area contributed by atoms with Gasteiger partial charge in [-0.2, -0.15) is 0 Å². The van der Waals surface area contributed by atoms with Crippen molar-refractivity contribution in [2.75, 3.05) is 0 Å². The van der Waals surface area contributed by atoms with Gasteiger partial charge in [-0.15, -0.1) is 6.07 Å². The second-order valence-corrected chi connectivity index (χ2v) is 6.71. The summed E-state index contributed by atoms with van der Waals surface area (Å²) in [5, 5.41) is 1.11. The van der Waals surface area contributed by atoms with E-state index in [1.165, 1.54) is 11.1 Å². The van der Waals surface area contributed by atoms with Gasteiger partial charge in [-0.3, -0.25) is 0 Å². The Hall–Kier alpha value is 2.92. The zero-order valence-corrected chi connectivity index (χ0v) is 19.8. The predicted molar refractivity (Wildman–Crippen MR) is 70.4 cm³/mol. The second kappa shape index (κ2) is 8.39. The summed E-state index contributed by atoms with van der Waals surface area (Å²) >= 11 is 0. The van der Waals surface area contributed by atoms with Gasteiger partial charge in [0.15, 0.2) is 0 Å². The van der Waals surface area contributed by atoms with Crippen LogP contribution in [0.5, 0.6) is 0 Å². The van der Waals surface area contributed by atoms with E-state index in [1.54, 1.807) is 0 Å². The molecule has 0 radical (unpaired) electrons. The van der Waals surface area contributed by atoms with Crippen LogP contribution in [0, 0.1) is 0 Å². The summed E-state index contributed by atoms with van der Waals surface area (Å²) in [5.41, 5.74) is 3.04. The van der Waals surface area contributed by atoms with Crippen LogP contribution in [0.15, 0.2) is 18.2 Å². The van der Waals surface area contributed by atoms with E-state index in [4.69, 9.17) is 0 Å². The molecule has 0 saturated carbocycles. The van der Waals surface area contributed by atoms with Crippen molar-refractivity contribution in [3.8, 4) is 0 Å². The van der Waals surface area contributed by atoms with Crippen LogP contribution in [-0.2, 0) is 10.8 Å². The van der Waals surface area contributed by atoms with Gasteiger partial charge in [0.2, 0.25) is 0 Å². The molecule has 3 heteroatoms. The molecule has 0 N–H and O–H groups in total. The van der Waals surface area contributed by atoms with Crippen LogP contribution in [0.3, 0.4) is 0 Å². The molecular weight excluding hydrogens is 277 g/mol. The van der Waals surface area contributed by atoms with E-state index >= 15 is 0 Å². The van der Waals surface area contributed by atoms with E-state index in [0.29, 0.717) is 0 Å². The second-order valence-electron chi connectivity index (χ2n) is 6.23. The molecule has 0 amide bonds. The number of hydrogen-bond donors (Lipinski definition) is 0. The zero-order chi connectivity index (χ0) is 11.9. The first-order valence-corrected chi connectivity index (χ1v) is 5.91. The summed E-state index contributed by atoms with van der Waals surface area (Å²) in [4.78, 5) is 0. The summed E-state index contributed by atoms with van der Waals surface area (Å²) in [6, 6.07) is 6.63. The van der Waals surface area contributed by atoms with Crippen LogP contribution >= 0.6 is 9.24 Å². The molecule has 17 heavy (non-hydrogen) atoms. The van der Waals surface area contributed by atoms with Gasteiger partial charge >= 0.3 is 103 Å². The Bertz CT molecular complexity index is 359. The molecule has 0 fully saturated rings. The van der Waals surface area contributed by atoms with E-state index in [-0.39, 0.29) is 114 Å². The van der Waals surface area contributed by atoms with Crippen molar-refractivity contribution in [2.24, 2.45) is 0 Å². The van der Waals surface area contributed by atoms with Crippen molar-refractivity contribution in [1.29, 1.82) is 0 Å². The Morgan fingerprint density at radius 1 is 0.824 bits per heavy atom. The van der Waals surface area contributed by atoms with Gasteiger partial charge in [0.1, 0.15) is 0 Å². The van der Waals surface area contributed by atoms with Crippen LogP contribution in [0.4, 0.5) is 0 Å². The molecule has 1 rings (SSSR count). The van der Waals surface area contributed by atoms with Gasteiger partial charge in [-0.25, -0.2) is 0 Å². The molecule has 0 atom stereocenters. The van der Waals surface area contributed by atoms with Crippen molar-refractivity contribution in [3.63, 3.8) is 0 Å². The number of rotatable bonds is 0. The standard InChI is InChI=1S/C14H21P.2K/c1-13(2,3)10-7-8-11(12(15)9-10)14(4,5)6;;/h7-9H,1-6H3;;/q-2;2*+1. The fourth-order valence-electron chi connectivity index (χ4n) is 1.63. The monoisotopic (exact) mass is 298 g/mol. The Kier molecular flexibility index (Phi) is 11.0. The zero-order valence-electron chi connectivity index (χ0n) is 12.7. The normalized spacial score (nSPS) is 11.5. The molecule has 1 aromatic carbocycles. The summed E-state index contributed by atoms with van der Waals surface area (Å²) < 4.78 is 0. The van der Waals surface area contributed by atoms with E-state index in [0.717, 1.165) is 5.30 Å². The largest absolute Gasteiger partial charge is 1.45 e. The molecule has 0 aromatic heterocycles. The number of benzene rings is 1. The van der Waals surface area contributed by atoms with Gasteiger partial charge in [0.05, 0.1) is 0 Å². The minimum Gasteiger partial charge on any atom is -1.45 e. The third-order valence-electron chi connectivity index (χ3n) is 2.67. The van der Waals surface area contributed by atoms with Crippen molar-refractivity contribution >= 4 is 14.5 Å². The van der Waals surface area contributed by atoms with E-state index in [9.17, 15) is 0 Å². The predicted octanol–water partition coefficient (Wildman–Crippen LogP) is -1.67. The SMILES string of the molecule is CC(C)(C)c1ccc(C(C)(C)C)c([P-2])c1.[K+].[K+]. The first-order chi connectivity index (χ1) is 6.62. The quantitative estimate of drug-likeness (QED) is 0.397. The molecule has 0 spiro atoms. The van der Waals surface area contributed by atoms with Gasteiger partial charge < -0.3 is 14.5 Å². The molecule has 1 aromatic rings. The van der Waals surface area contributed by atoms with Crippen LogP contribution in [0.2, 0.25) is 0 Å². The van der Waals surface area contributed by atoms with Gasteiger partial charge in [0.25, 0.3) is 0 Å². The molecular formula is C14H21K2P. The fraction of sp³-hybridized carbons (Fsp3) is 0.571. The summed E-state index contributed by atoms with van der Waals surface area (Å²) in [7, 11) is 4.59. The van der Waals surface area contributed by atoms with Crippen LogP contribution in [0.25, 0.3) is 0 Å². The summed E-state index contributed by atoms with van der Waals surface area (Å²) in [6.07, 6.45) is 0. The topological polar surface area (TPSA) is 0 Å². The van der Waals surface area contributed by atoms with Crippen molar-refractivity contribution in [1.82, 2.24) is 0 Å². The summed E-state index contributed by atoms with van der Waals surface area (Å²) in [5.74, 6) is 0. The smallest absolute Gasteiger partial charge is 1.00 e. The van der Waals surface area contributed by atoms with E-state index < -0.39 is 0 Å². The van der Waals surface area contributed by atoms with E-state index in [1.807, 2.05) is 0 Å². The maximum absolute atomic E-state index is 4.59. The average Bonchev–Trinajstić information content (AvgIpc) is 1.99. The van der Waals surface area contributed by atoms with E-state index in [2.05, 4.69) is 69.0 Å². The molecule has 0 nitrogen and oxygen atoms in total. The van der Waals surface area contributed by atoms with Crippen molar-refractivity contribution in [3.05, 3.63) is 29.3 Å². The Morgan fingerprint density at radius 2 is 1.29 bits per heavy atom. The first kappa shape index (κ1) is 22.2.